The van der Waals surface area contributed by atoms with E-state index >= 15 is 0 Å². The fourth-order valence-corrected chi connectivity index (χ4v) is 4.93. The normalized spacial score (nSPS) is 16.9. The molecule has 1 unspecified atom stereocenters. The highest BCUT2D eigenvalue weighted by Crippen LogP contribution is 2.42. The van der Waals surface area contributed by atoms with E-state index in [1.807, 2.05) is 0 Å². The van der Waals surface area contributed by atoms with Gasteiger partial charge in [-0.3, -0.25) is 4.79 Å². The number of nitrogens with zero attached hydrogens (tertiary/aromatic N) is 8. The van der Waals surface area contributed by atoms with Gasteiger partial charge in [0.05, 0.1) is 19.1 Å². The van der Waals surface area contributed by atoms with Gasteiger partial charge in [0, 0.05) is 25.5 Å². The van der Waals surface area contributed by atoms with E-state index in [2.05, 4.69) is 25.4 Å². The molecular weight excluding hydrogens is 524 g/mol. The molecule has 40 heavy (non-hydrogen) atoms. The lowest BCUT2D eigenvalue weighted by Gasteiger charge is -2.38. The van der Waals surface area contributed by atoms with Crippen LogP contribution in [0.15, 0.2) is 35.6 Å². The van der Waals surface area contributed by atoms with E-state index in [9.17, 15) is 18.4 Å². The average molecular weight is 554 g/mol. The molecule has 3 aromatic heterocycles. The van der Waals surface area contributed by atoms with Crippen molar-refractivity contribution in [3.8, 4) is 0 Å². The second-order valence-electron chi connectivity index (χ2n) is 11.0. The lowest BCUT2D eigenvalue weighted by molar-refractivity contribution is 0.0231. The van der Waals surface area contributed by atoms with Gasteiger partial charge in [-0.2, -0.15) is 5.10 Å². The van der Waals surface area contributed by atoms with Crippen molar-refractivity contribution in [1.29, 1.82) is 0 Å². The maximum atomic E-state index is 14.9. The minimum absolute atomic E-state index is 0.0697. The first-order chi connectivity index (χ1) is 19.1. The average Bonchev–Trinajstić information content (AvgIpc) is 3.63. The Labute approximate surface area is 227 Å². The lowest BCUT2D eigenvalue weighted by atomic mass is 10.1. The van der Waals surface area contributed by atoms with Crippen LogP contribution in [0.2, 0.25) is 0 Å². The smallest absolute Gasteiger partial charge is 0.410 e. The molecule has 2 aliphatic rings. The minimum Gasteiger partial charge on any atom is -0.444 e. The number of carbonyl (C=O) groups is 1. The van der Waals surface area contributed by atoms with Crippen LogP contribution in [-0.4, -0.2) is 72.0 Å². The molecule has 0 bridgehead atoms. The topological polar surface area (TPSA) is 123 Å². The first-order valence-electron chi connectivity index (χ1n) is 13.2. The standard InChI is InChI=1S/C26H29F2N9O3/c1-26(2,3)40-25(39)34-10-12-35(13-11-34)37-22(33-20-17(28)7-6-16(27)18(20)24(37)38)19(15-4-5-15)32-21-23-29-8-9-36(23)31-14-30-21/h6-9,14-15,19H,4-5,10-13H2,1-3H3,(H,30,31,32). The molecule has 4 heterocycles. The van der Waals surface area contributed by atoms with Crippen LogP contribution < -0.4 is 15.9 Å². The molecule has 2 fully saturated rings. The Bertz CT molecular complexity index is 1650. The summed E-state index contributed by atoms with van der Waals surface area (Å²) in [5.74, 6) is -0.915. The summed E-state index contributed by atoms with van der Waals surface area (Å²) in [6.07, 6.45) is 5.90. The van der Waals surface area contributed by atoms with Crippen molar-refractivity contribution >= 4 is 28.5 Å². The van der Waals surface area contributed by atoms with Gasteiger partial charge in [0.2, 0.25) is 0 Å². The Morgan fingerprint density at radius 3 is 2.52 bits per heavy atom. The number of aromatic nitrogens is 6. The van der Waals surface area contributed by atoms with Gasteiger partial charge >= 0.3 is 6.09 Å². The van der Waals surface area contributed by atoms with Crippen molar-refractivity contribution in [1.82, 2.24) is 34.1 Å². The van der Waals surface area contributed by atoms with Gasteiger partial charge in [0.25, 0.3) is 5.56 Å². The molecule has 1 aliphatic carbocycles. The van der Waals surface area contributed by atoms with Gasteiger partial charge in [-0.15, -0.1) is 0 Å². The fourth-order valence-electron chi connectivity index (χ4n) is 4.93. The molecule has 1 aromatic carbocycles. The maximum Gasteiger partial charge on any atom is 0.410 e. The Morgan fingerprint density at radius 1 is 1.10 bits per heavy atom. The van der Waals surface area contributed by atoms with Crippen molar-refractivity contribution in [2.45, 2.75) is 45.3 Å². The second-order valence-corrected chi connectivity index (χ2v) is 11.0. The summed E-state index contributed by atoms with van der Waals surface area (Å²) in [5.41, 5.74) is -1.22. The van der Waals surface area contributed by atoms with Crippen LogP contribution in [0.1, 0.15) is 45.5 Å². The third kappa shape index (κ3) is 4.77. The van der Waals surface area contributed by atoms with Crippen molar-refractivity contribution in [2.75, 3.05) is 36.5 Å². The van der Waals surface area contributed by atoms with Crippen LogP contribution in [0.25, 0.3) is 16.6 Å². The highest BCUT2D eigenvalue weighted by molar-refractivity contribution is 5.79. The van der Waals surface area contributed by atoms with Crippen molar-refractivity contribution in [3.63, 3.8) is 0 Å². The maximum absolute atomic E-state index is 14.9. The first kappa shape index (κ1) is 25.9. The number of ether oxygens (including phenoxy) is 1. The summed E-state index contributed by atoms with van der Waals surface area (Å²) in [7, 11) is 0. The minimum atomic E-state index is -0.854. The number of hydrogen-bond acceptors (Lipinski definition) is 9. The third-order valence-corrected chi connectivity index (χ3v) is 6.98. The first-order valence-corrected chi connectivity index (χ1v) is 13.2. The molecule has 6 rings (SSSR count). The molecule has 210 valence electrons. The van der Waals surface area contributed by atoms with Gasteiger partial charge < -0.3 is 20.0 Å². The summed E-state index contributed by atoms with van der Waals surface area (Å²) < 4.78 is 38.3. The van der Waals surface area contributed by atoms with Crippen LogP contribution in [0, 0.1) is 17.6 Å². The highest BCUT2D eigenvalue weighted by Gasteiger charge is 2.38. The zero-order chi connectivity index (χ0) is 28.2. The summed E-state index contributed by atoms with van der Waals surface area (Å²) in [6.45, 7) is 6.43. The molecule has 1 aliphatic heterocycles. The number of nitrogens with one attached hydrogen (secondary N) is 1. The van der Waals surface area contributed by atoms with Crippen molar-refractivity contribution < 1.29 is 18.3 Å². The number of carbonyl (C=O) groups excluding carboxylic acids is 1. The SMILES string of the molecule is CC(C)(C)OC(=O)N1CCN(n2c(C(Nc3ncnn4ccnc34)C3CC3)nc3c(F)ccc(F)c3c2=O)CC1. The van der Waals surface area contributed by atoms with Crippen LogP contribution in [0.4, 0.5) is 19.4 Å². The van der Waals surface area contributed by atoms with Crippen LogP contribution >= 0.6 is 0 Å². The van der Waals surface area contributed by atoms with Crippen molar-refractivity contribution in [2.24, 2.45) is 5.92 Å². The molecule has 4 aromatic rings. The van der Waals surface area contributed by atoms with E-state index in [-0.39, 0.29) is 43.4 Å². The number of amides is 1. The zero-order valence-corrected chi connectivity index (χ0v) is 22.3. The number of hydrogen-bond donors (Lipinski definition) is 1. The predicted octanol–water partition coefficient (Wildman–Crippen LogP) is 2.86. The quantitative estimate of drug-likeness (QED) is 0.397. The van der Waals surface area contributed by atoms with Crippen LogP contribution in [0.3, 0.4) is 0 Å². The number of rotatable bonds is 5. The molecule has 1 amide bonds. The molecule has 1 saturated heterocycles. The Kier molecular flexibility index (Phi) is 6.27. The fraction of sp³-hybridized carbons (Fsp3) is 0.462. The zero-order valence-electron chi connectivity index (χ0n) is 22.3. The van der Waals surface area contributed by atoms with E-state index < -0.39 is 40.3 Å². The number of halogens is 2. The summed E-state index contributed by atoms with van der Waals surface area (Å²) in [6, 6.07) is 1.34. The van der Waals surface area contributed by atoms with Gasteiger partial charge in [-0.1, -0.05) is 0 Å². The second kappa shape index (κ2) is 9.68. The molecule has 0 spiro atoms. The Morgan fingerprint density at radius 2 is 1.82 bits per heavy atom. The number of anilines is 1. The lowest BCUT2D eigenvalue weighted by Crippen LogP contribution is -2.57. The Balaban J connectivity index is 1.42. The van der Waals surface area contributed by atoms with Gasteiger partial charge in [0.15, 0.2) is 17.3 Å². The van der Waals surface area contributed by atoms with Crippen LogP contribution in [0.5, 0.6) is 0 Å². The summed E-state index contributed by atoms with van der Waals surface area (Å²) >= 11 is 0. The molecule has 0 radical (unpaired) electrons. The van der Waals surface area contributed by atoms with Gasteiger partial charge in [-0.05, 0) is 51.7 Å². The molecule has 1 atom stereocenters. The van der Waals surface area contributed by atoms with E-state index in [0.717, 1.165) is 25.0 Å². The summed E-state index contributed by atoms with van der Waals surface area (Å²) in [4.78, 5) is 41.3. The molecule has 12 nitrogen and oxygen atoms in total. The molecule has 14 heteroatoms. The highest BCUT2D eigenvalue weighted by atomic mass is 19.1. The number of fused-ring (bicyclic) bond motifs is 2. The number of piperazine rings is 1. The van der Waals surface area contributed by atoms with Crippen LogP contribution in [-0.2, 0) is 4.74 Å². The predicted molar refractivity (Wildman–Crippen MR) is 142 cm³/mol. The number of benzene rings is 1. The van der Waals surface area contributed by atoms with Gasteiger partial charge in [0.1, 0.15) is 34.5 Å². The van der Waals surface area contributed by atoms with E-state index in [1.165, 1.54) is 11.0 Å². The van der Waals surface area contributed by atoms with E-state index in [0.29, 0.717) is 11.5 Å². The Hall–Kier alpha value is -4.36. The van der Waals surface area contributed by atoms with Crippen molar-refractivity contribution in [3.05, 3.63) is 58.7 Å². The van der Waals surface area contributed by atoms with E-state index in [4.69, 9.17) is 4.74 Å². The molecule has 1 saturated carbocycles. The third-order valence-electron chi connectivity index (χ3n) is 6.98. The molecular formula is C26H29F2N9O3. The monoisotopic (exact) mass is 553 g/mol. The summed E-state index contributed by atoms with van der Waals surface area (Å²) in [5, 5.41) is 8.80. The molecule has 1 N–H and O–H groups in total. The largest absolute Gasteiger partial charge is 0.444 e. The van der Waals surface area contributed by atoms with E-state index in [1.54, 1.807) is 47.6 Å². The van der Waals surface area contributed by atoms with Gasteiger partial charge in [-0.25, -0.2) is 37.7 Å². The number of imidazole rings is 1.